The van der Waals surface area contributed by atoms with E-state index in [0.717, 1.165) is 6.92 Å². The third-order valence-corrected chi connectivity index (χ3v) is 15.1. The quantitative estimate of drug-likeness (QED) is 0.0277. The van der Waals surface area contributed by atoms with E-state index in [2.05, 4.69) is 0 Å². The van der Waals surface area contributed by atoms with E-state index in [-0.39, 0.29) is 30.0 Å². The molecule has 0 spiro atoms. The van der Waals surface area contributed by atoms with Crippen LogP contribution in [0.2, 0.25) is 0 Å². The molecule has 0 radical (unpaired) electrons. The second-order valence-electron chi connectivity index (χ2n) is 13.7. The maximum Gasteiger partial charge on any atom is 0.508 e. The number of esters is 2. The molecule has 5 aromatic rings. The summed E-state index contributed by atoms with van der Waals surface area (Å²) in [5.41, 5.74) is 0.391. The van der Waals surface area contributed by atoms with Crippen molar-refractivity contribution in [1.29, 1.82) is 0 Å². The van der Waals surface area contributed by atoms with Crippen LogP contribution >= 0.6 is 18.6 Å². The highest BCUT2D eigenvalue weighted by Crippen LogP contribution is 2.51. The van der Waals surface area contributed by atoms with Crippen molar-refractivity contribution in [3.8, 4) is 0 Å². The monoisotopic (exact) mass is 879 g/mol. The Morgan fingerprint density at radius 1 is 0.677 bits per heavy atom. The van der Waals surface area contributed by atoms with Gasteiger partial charge in [-0.25, -0.2) is 9.59 Å². The molecule has 0 aliphatic carbocycles. The molecule has 0 saturated carbocycles. The Morgan fingerprint density at radius 3 is 1.53 bits per heavy atom. The van der Waals surface area contributed by atoms with Crippen molar-refractivity contribution in [1.82, 2.24) is 4.90 Å². The Kier molecular flexibility index (Phi) is 14.3. The summed E-state index contributed by atoms with van der Waals surface area (Å²) in [5.74, 6) is -3.62. The molecule has 1 heterocycles. The Hall–Kier alpha value is -7.10. The highest BCUT2D eigenvalue weighted by atomic mass is 32.2. The number of non-ortho nitro benzene ring substituents is 2. The SMILES string of the molecule is CC(=O)OCC(=O)S[C@@H]1[C@@H]([C@@H](C)OC(=O)OCc2ccc([N+](=O)[O-])cc2)C(=O)N1C(C(=O)OCc1ccc([N+](=O)[O-])cc1)=P(c1ccccc1)(c1ccccc1)c1ccccc1. The highest BCUT2D eigenvalue weighted by molar-refractivity contribution is 8.14. The van der Waals surface area contributed by atoms with E-state index in [1.165, 1.54) is 60.4 Å². The number of nitrogens with zero attached hydrogens (tertiary/aromatic N) is 3. The lowest BCUT2D eigenvalue weighted by Crippen LogP contribution is -2.67. The Balaban J connectivity index is 1.48. The number of thioether (sulfide) groups is 1. The lowest BCUT2D eigenvalue weighted by molar-refractivity contribution is -0.385. The normalized spacial score (nSPS) is 15.0. The molecule has 0 N–H and O–H groups in total. The summed E-state index contributed by atoms with van der Waals surface area (Å²) in [4.78, 5) is 90.9. The van der Waals surface area contributed by atoms with Crippen LogP contribution in [-0.4, -0.2) is 67.4 Å². The minimum Gasteiger partial charge on any atom is -0.457 e. The fourth-order valence-corrected chi connectivity index (χ4v) is 12.5. The number of hydrogen-bond donors (Lipinski definition) is 0. The number of hydrogen-bond acceptors (Lipinski definition) is 14. The maximum atomic E-state index is 15.2. The van der Waals surface area contributed by atoms with E-state index in [1.807, 2.05) is 36.4 Å². The van der Waals surface area contributed by atoms with Crippen LogP contribution in [0.1, 0.15) is 25.0 Å². The van der Waals surface area contributed by atoms with Crippen LogP contribution in [0.15, 0.2) is 140 Å². The zero-order valence-electron chi connectivity index (χ0n) is 33.1. The van der Waals surface area contributed by atoms with E-state index < -0.39 is 69.9 Å². The number of nitro groups is 2. The lowest BCUT2D eigenvalue weighted by Gasteiger charge is -2.50. The molecule has 6 rings (SSSR count). The van der Waals surface area contributed by atoms with Crippen LogP contribution < -0.4 is 15.9 Å². The van der Waals surface area contributed by atoms with Crippen LogP contribution in [0, 0.1) is 26.1 Å². The van der Waals surface area contributed by atoms with Gasteiger partial charge in [0.25, 0.3) is 11.4 Å². The average molecular weight is 880 g/mol. The predicted molar refractivity (Wildman–Crippen MR) is 230 cm³/mol. The Bertz CT molecular complexity index is 2420. The van der Waals surface area contributed by atoms with Crippen molar-refractivity contribution < 1.29 is 52.8 Å². The zero-order valence-corrected chi connectivity index (χ0v) is 34.8. The summed E-state index contributed by atoms with van der Waals surface area (Å²) in [6, 6.07) is 37.9. The number of ether oxygens (including phenoxy) is 4. The fourth-order valence-electron chi connectivity index (χ4n) is 6.81. The van der Waals surface area contributed by atoms with Crippen molar-refractivity contribution in [2.75, 3.05) is 6.61 Å². The number of amides is 1. The summed E-state index contributed by atoms with van der Waals surface area (Å²) in [7, 11) is 0. The first kappa shape index (κ1) is 44.5. The van der Waals surface area contributed by atoms with Crippen molar-refractivity contribution in [3.05, 3.63) is 171 Å². The van der Waals surface area contributed by atoms with E-state index in [9.17, 15) is 39.4 Å². The van der Waals surface area contributed by atoms with Crippen LogP contribution in [0.4, 0.5) is 16.2 Å². The molecule has 1 aliphatic heterocycles. The summed E-state index contributed by atoms with van der Waals surface area (Å²) in [6.45, 7) is -2.28. The maximum absolute atomic E-state index is 15.2. The fraction of sp³-hybridized carbons (Fsp3) is 0.182. The predicted octanol–water partition coefficient (Wildman–Crippen LogP) is 6.02. The van der Waals surface area contributed by atoms with E-state index in [0.29, 0.717) is 38.8 Å². The molecule has 18 heteroatoms. The summed E-state index contributed by atoms with van der Waals surface area (Å²) in [6.07, 6.45) is -2.43. The summed E-state index contributed by atoms with van der Waals surface area (Å²) >= 11 is 0.611. The first-order chi connectivity index (χ1) is 29.8. The molecular formula is C44H38N3O13PS. The Labute approximate surface area is 359 Å². The van der Waals surface area contributed by atoms with Gasteiger partial charge in [0.1, 0.15) is 36.0 Å². The molecule has 5 aromatic carbocycles. The van der Waals surface area contributed by atoms with E-state index >= 15 is 4.79 Å². The minimum atomic E-state index is -3.50. The summed E-state index contributed by atoms with van der Waals surface area (Å²) < 4.78 is 21.9. The number of rotatable bonds is 16. The van der Waals surface area contributed by atoms with Crippen molar-refractivity contribution >= 4 is 80.5 Å². The number of carbonyl (C=O) groups is 5. The standard InChI is InChI=1S/C44H38N3O13PS/c1-29(60-44(52)59-27-32-20-24-34(25-21-32)47(55)56)39-40(50)45(42(39)62-38(49)28-57-30(2)48)41(43(51)58-26-31-18-22-33(23-19-31)46(53)54)61(35-12-6-3-7-13-35,36-14-8-4-9-15-36)37-16-10-5-11-17-37/h3-25,29,39,42H,26-28H2,1-2H3/t29-,39+,42-/m1/s1. The van der Waals surface area contributed by atoms with Crippen LogP contribution in [0.5, 0.6) is 0 Å². The molecule has 1 amide bonds. The van der Waals surface area contributed by atoms with Crippen LogP contribution in [0.25, 0.3) is 0 Å². The topological polar surface area (TPSA) is 212 Å². The number of likely N-dealkylation sites (tertiary alicyclic amines) is 1. The molecule has 0 unspecified atom stereocenters. The number of β-lactam (4-membered cyclic amide) rings is 1. The van der Waals surface area contributed by atoms with E-state index in [1.54, 1.807) is 54.6 Å². The molecule has 3 atom stereocenters. The van der Waals surface area contributed by atoms with Gasteiger partial charge in [-0.3, -0.25) is 39.5 Å². The molecule has 62 heavy (non-hydrogen) atoms. The molecule has 318 valence electrons. The molecule has 0 bridgehead atoms. The van der Waals surface area contributed by atoms with Gasteiger partial charge in [0.05, 0.1) is 9.85 Å². The van der Waals surface area contributed by atoms with Gasteiger partial charge in [0.15, 0.2) is 6.61 Å². The first-order valence-corrected chi connectivity index (χ1v) is 21.5. The van der Waals surface area contributed by atoms with Gasteiger partial charge < -0.3 is 18.9 Å². The van der Waals surface area contributed by atoms with Gasteiger partial charge >= 0.3 is 18.1 Å². The highest BCUT2D eigenvalue weighted by Gasteiger charge is 2.57. The van der Waals surface area contributed by atoms with Gasteiger partial charge in [-0.2, -0.15) is 0 Å². The molecule has 1 fully saturated rings. The van der Waals surface area contributed by atoms with Crippen molar-refractivity contribution in [2.24, 2.45) is 5.92 Å². The first-order valence-electron chi connectivity index (χ1n) is 18.9. The smallest absolute Gasteiger partial charge is 0.457 e. The van der Waals surface area contributed by atoms with Crippen LogP contribution in [-0.2, 0) is 51.3 Å². The van der Waals surface area contributed by atoms with Gasteiger partial charge in [0, 0.05) is 38.1 Å². The van der Waals surface area contributed by atoms with Gasteiger partial charge in [-0.1, -0.05) is 103 Å². The molecule has 1 saturated heterocycles. The molecule has 1 aliphatic rings. The average Bonchev–Trinajstić information content (AvgIpc) is 3.27. The Morgan fingerprint density at radius 2 is 1.11 bits per heavy atom. The number of nitro benzene ring substituents is 2. The number of benzene rings is 5. The third kappa shape index (κ3) is 9.91. The molecular weight excluding hydrogens is 842 g/mol. The zero-order chi connectivity index (χ0) is 44.4. The van der Waals surface area contributed by atoms with Crippen molar-refractivity contribution in [3.63, 3.8) is 0 Å². The minimum absolute atomic E-state index is 0.116. The van der Waals surface area contributed by atoms with Gasteiger partial charge in [0.2, 0.25) is 11.0 Å². The second kappa shape index (κ2) is 20.0. The van der Waals surface area contributed by atoms with Crippen molar-refractivity contribution in [2.45, 2.75) is 38.5 Å². The number of carbonyl (C=O) groups excluding carboxylic acids is 5. The molecule has 16 nitrogen and oxygen atoms in total. The van der Waals surface area contributed by atoms with Gasteiger partial charge in [-0.15, -0.1) is 0 Å². The van der Waals surface area contributed by atoms with Crippen LogP contribution in [0.3, 0.4) is 0 Å². The van der Waals surface area contributed by atoms with Gasteiger partial charge in [-0.05, 0) is 58.2 Å². The summed E-state index contributed by atoms with van der Waals surface area (Å²) in [5, 5.41) is 22.4. The molecule has 0 aromatic heterocycles. The lowest BCUT2D eigenvalue weighted by atomic mass is 9.92. The third-order valence-electron chi connectivity index (χ3n) is 9.70. The van der Waals surface area contributed by atoms with E-state index in [4.69, 9.17) is 18.9 Å². The largest absolute Gasteiger partial charge is 0.508 e. The second-order valence-corrected chi connectivity index (χ2v) is 18.2.